The van der Waals surface area contributed by atoms with E-state index in [1.807, 2.05) is 6.92 Å². The number of carbonyl (C=O) groups is 2. The molecule has 0 saturated heterocycles. The number of nitrogens with zero attached hydrogens (tertiary/aromatic N) is 4. The van der Waals surface area contributed by atoms with Crippen molar-refractivity contribution in [2.45, 2.75) is 18.5 Å². The molecule has 2 aromatic rings. The SMILES string of the molecule is CCOc1ccc(C(=O)NNC(=O)CCSc2nnnn2C)cc1. The number of nitrogens with one attached hydrogen (secondary N) is 2. The summed E-state index contributed by atoms with van der Waals surface area (Å²) >= 11 is 1.36. The third-order valence-corrected chi connectivity index (χ3v) is 3.90. The van der Waals surface area contributed by atoms with Crippen molar-refractivity contribution in [3.63, 3.8) is 0 Å². The highest BCUT2D eigenvalue weighted by molar-refractivity contribution is 7.99. The van der Waals surface area contributed by atoms with Crippen LogP contribution in [0.25, 0.3) is 0 Å². The zero-order valence-electron chi connectivity index (χ0n) is 13.4. The van der Waals surface area contributed by atoms with Crippen LogP contribution in [-0.4, -0.2) is 44.4 Å². The van der Waals surface area contributed by atoms with Gasteiger partial charge >= 0.3 is 0 Å². The fourth-order valence-corrected chi connectivity index (χ4v) is 2.50. The van der Waals surface area contributed by atoms with E-state index >= 15 is 0 Å². The highest BCUT2D eigenvalue weighted by Gasteiger charge is 2.09. The molecule has 0 aliphatic rings. The molecule has 0 fully saturated rings. The van der Waals surface area contributed by atoms with E-state index in [1.54, 1.807) is 31.3 Å². The molecule has 9 nitrogen and oxygen atoms in total. The van der Waals surface area contributed by atoms with Gasteiger partial charge in [0.2, 0.25) is 11.1 Å². The Morgan fingerprint density at radius 2 is 2.00 bits per heavy atom. The summed E-state index contributed by atoms with van der Waals surface area (Å²) in [5.41, 5.74) is 5.17. The number of rotatable bonds is 7. The van der Waals surface area contributed by atoms with Gasteiger partial charge in [-0.1, -0.05) is 11.8 Å². The van der Waals surface area contributed by atoms with Crippen LogP contribution < -0.4 is 15.6 Å². The van der Waals surface area contributed by atoms with Gasteiger partial charge in [0.1, 0.15) is 5.75 Å². The molecule has 0 radical (unpaired) electrons. The van der Waals surface area contributed by atoms with Crippen molar-refractivity contribution in [3.05, 3.63) is 29.8 Å². The molecule has 0 aliphatic carbocycles. The Labute approximate surface area is 143 Å². The van der Waals surface area contributed by atoms with Crippen molar-refractivity contribution in [2.24, 2.45) is 7.05 Å². The molecular formula is C14H18N6O3S. The normalized spacial score (nSPS) is 10.2. The number of thioether (sulfide) groups is 1. The van der Waals surface area contributed by atoms with E-state index < -0.39 is 5.91 Å². The van der Waals surface area contributed by atoms with Crippen molar-refractivity contribution in [3.8, 4) is 5.75 Å². The van der Waals surface area contributed by atoms with Gasteiger partial charge in [0, 0.05) is 24.8 Å². The average molecular weight is 350 g/mol. The Hall–Kier alpha value is -2.62. The summed E-state index contributed by atoms with van der Waals surface area (Å²) in [6.45, 7) is 2.44. The van der Waals surface area contributed by atoms with E-state index in [4.69, 9.17) is 4.74 Å². The lowest BCUT2D eigenvalue weighted by atomic mass is 10.2. The van der Waals surface area contributed by atoms with Gasteiger partial charge in [-0.15, -0.1) is 5.10 Å². The molecule has 0 unspecified atom stereocenters. The van der Waals surface area contributed by atoms with Crippen molar-refractivity contribution < 1.29 is 14.3 Å². The molecule has 1 heterocycles. The number of amides is 2. The van der Waals surface area contributed by atoms with Crippen LogP contribution in [0.4, 0.5) is 0 Å². The lowest BCUT2D eigenvalue weighted by Gasteiger charge is -2.08. The van der Waals surface area contributed by atoms with Crippen LogP contribution in [0.15, 0.2) is 29.4 Å². The number of aryl methyl sites for hydroxylation is 1. The van der Waals surface area contributed by atoms with Gasteiger partial charge in [0.05, 0.1) is 6.61 Å². The number of tetrazole rings is 1. The van der Waals surface area contributed by atoms with E-state index in [2.05, 4.69) is 26.4 Å². The molecule has 24 heavy (non-hydrogen) atoms. The van der Waals surface area contributed by atoms with Crippen LogP contribution in [0.3, 0.4) is 0 Å². The maximum Gasteiger partial charge on any atom is 0.269 e. The van der Waals surface area contributed by atoms with E-state index in [-0.39, 0.29) is 12.3 Å². The number of carbonyl (C=O) groups excluding carboxylic acids is 2. The van der Waals surface area contributed by atoms with Gasteiger partial charge in [0.15, 0.2) is 0 Å². The zero-order valence-corrected chi connectivity index (χ0v) is 14.2. The van der Waals surface area contributed by atoms with Gasteiger partial charge < -0.3 is 4.74 Å². The minimum absolute atomic E-state index is 0.223. The Balaban J connectivity index is 1.70. The number of hydrazine groups is 1. The number of benzene rings is 1. The molecule has 0 saturated carbocycles. The number of hydrogen-bond donors (Lipinski definition) is 2. The largest absolute Gasteiger partial charge is 0.494 e. The lowest BCUT2D eigenvalue weighted by molar-refractivity contribution is -0.121. The van der Waals surface area contributed by atoms with Gasteiger partial charge in [-0.25, -0.2) is 4.68 Å². The smallest absolute Gasteiger partial charge is 0.269 e. The van der Waals surface area contributed by atoms with Crippen molar-refractivity contribution in [1.82, 2.24) is 31.1 Å². The Kier molecular flexibility index (Phi) is 6.55. The van der Waals surface area contributed by atoms with Gasteiger partial charge in [-0.2, -0.15) is 0 Å². The number of ether oxygens (including phenoxy) is 1. The Bertz CT molecular complexity index is 688. The first-order valence-electron chi connectivity index (χ1n) is 7.27. The number of aromatic nitrogens is 4. The summed E-state index contributed by atoms with van der Waals surface area (Å²) in [5, 5.41) is 11.6. The molecule has 2 N–H and O–H groups in total. The van der Waals surface area contributed by atoms with Gasteiger partial charge in [-0.05, 0) is 41.6 Å². The van der Waals surface area contributed by atoms with Crippen LogP contribution >= 0.6 is 11.8 Å². The minimum atomic E-state index is -0.392. The molecule has 1 aromatic heterocycles. The zero-order chi connectivity index (χ0) is 17.4. The molecule has 0 atom stereocenters. The van der Waals surface area contributed by atoms with Crippen LogP contribution in [0.5, 0.6) is 5.75 Å². The van der Waals surface area contributed by atoms with Crippen molar-refractivity contribution >= 4 is 23.6 Å². The molecule has 1 aromatic carbocycles. The van der Waals surface area contributed by atoms with E-state index in [0.717, 1.165) is 0 Å². The quantitative estimate of drug-likeness (QED) is 0.554. The third kappa shape index (κ3) is 5.23. The number of hydrogen-bond acceptors (Lipinski definition) is 7. The highest BCUT2D eigenvalue weighted by atomic mass is 32.2. The second kappa shape index (κ2) is 8.87. The molecule has 128 valence electrons. The van der Waals surface area contributed by atoms with Crippen LogP contribution in [0.1, 0.15) is 23.7 Å². The molecule has 10 heteroatoms. The van der Waals surface area contributed by atoms with Crippen molar-refractivity contribution in [2.75, 3.05) is 12.4 Å². The predicted octanol–water partition coefficient (Wildman–Crippen LogP) is 0.552. The molecular weight excluding hydrogens is 332 g/mol. The average Bonchev–Trinajstić information content (AvgIpc) is 2.99. The minimum Gasteiger partial charge on any atom is -0.494 e. The summed E-state index contributed by atoms with van der Waals surface area (Å²) in [6.07, 6.45) is 0.223. The second-order valence-electron chi connectivity index (χ2n) is 4.64. The third-order valence-electron chi connectivity index (χ3n) is 2.88. The first kappa shape index (κ1) is 17.7. The predicted molar refractivity (Wildman–Crippen MR) is 87.4 cm³/mol. The van der Waals surface area contributed by atoms with Gasteiger partial charge in [0.25, 0.3) is 5.91 Å². The molecule has 0 bridgehead atoms. The highest BCUT2D eigenvalue weighted by Crippen LogP contribution is 2.13. The van der Waals surface area contributed by atoms with Crippen LogP contribution in [-0.2, 0) is 11.8 Å². The van der Waals surface area contributed by atoms with E-state index in [0.29, 0.717) is 28.8 Å². The van der Waals surface area contributed by atoms with E-state index in [1.165, 1.54) is 16.4 Å². The van der Waals surface area contributed by atoms with Crippen LogP contribution in [0, 0.1) is 0 Å². The summed E-state index contributed by atoms with van der Waals surface area (Å²) < 4.78 is 6.83. The molecule has 2 amide bonds. The summed E-state index contributed by atoms with van der Waals surface area (Å²) in [7, 11) is 1.72. The summed E-state index contributed by atoms with van der Waals surface area (Å²) in [6, 6.07) is 6.66. The maximum atomic E-state index is 11.9. The molecule has 0 aliphatic heterocycles. The van der Waals surface area contributed by atoms with Crippen molar-refractivity contribution in [1.29, 1.82) is 0 Å². The Morgan fingerprint density at radius 1 is 1.25 bits per heavy atom. The van der Waals surface area contributed by atoms with Gasteiger partial charge in [-0.3, -0.25) is 20.4 Å². The summed E-state index contributed by atoms with van der Waals surface area (Å²) in [4.78, 5) is 23.6. The first-order valence-corrected chi connectivity index (χ1v) is 8.26. The Morgan fingerprint density at radius 3 is 2.62 bits per heavy atom. The lowest BCUT2D eigenvalue weighted by Crippen LogP contribution is -2.41. The van der Waals surface area contributed by atoms with E-state index in [9.17, 15) is 9.59 Å². The molecule has 0 spiro atoms. The first-order chi connectivity index (χ1) is 11.6. The standard InChI is InChI=1S/C14H18N6O3S/c1-3-23-11-6-4-10(5-7-11)13(22)16-15-12(21)8-9-24-14-17-18-19-20(14)2/h4-7H,3,8-9H2,1-2H3,(H,15,21)(H,16,22). The summed E-state index contributed by atoms with van der Waals surface area (Å²) in [5.74, 6) is 0.501. The van der Waals surface area contributed by atoms with Crippen LogP contribution in [0.2, 0.25) is 0 Å². The second-order valence-corrected chi connectivity index (χ2v) is 5.71. The fraction of sp³-hybridized carbons (Fsp3) is 0.357. The molecule has 2 rings (SSSR count). The topological polar surface area (TPSA) is 111 Å². The monoisotopic (exact) mass is 350 g/mol. The maximum absolute atomic E-state index is 11.9. The fourth-order valence-electron chi connectivity index (χ4n) is 1.71.